The predicted octanol–water partition coefficient (Wildman–Crippen LogP) is 2.58. The molecule has 2 N–H and O–H groups in total. The Morgan fingerprint density at radius 2 is 2.04 bits per heavy atom. The average Bonchev–Trinajstić information content (AvgIpc) is 2.62. The van der Waals surface area contributed by atoms with Crippen LogP contribution < -0.4 is 15.4 Å². The number of hydrogen-bond acceptors (Lipinski definition) is 3. The number of piperidine rings is 1. The van der Waals surface area contributed by atoms with E-state index < -0.39 is 0 Å². The molecule has 1 aliphatic heterocycles. The van der Waals surface area contributed by atoms with Gasteiger partial charge in [0.05, 0.1) is 7.11 Å². The molecular formula is C20H34N4O. The number of aryl methyl sites for hydroxylation is 1. The van der Waals surface area contributed by atoms with Crippen LogP contribution in [0.25, 0.3) is 0 Å². The topological polar surface area (TPSA) is 48.9 Å². The molecule has 1 saturated heterocycles. The van der Waals surface area contributed by atoms with Gasteiger partial charge in [-0.15, -0.1) is 0 Å². The molecule has 0 atom stereocenters. The maximum absolute atomic E-state index is 5.40. The zero-order chi connectivity index (χ0) is 18.2. The number of benzene rings is 1. The van der Waals surface area contributed by atoms with Gasteiger partial charge < -0.3 is 20.3 Å². The summed E-state index contributed by atoms with van der Waals surface area (Å²) in [5, 5.41) is 7.01. The van der Waals surface area contributed by atoms with Crippen LogP contribution in [0.15, 0.2) is 23.2 Å². The molecule has 0 bridgehead atoms. The van der Waals surface area contributed by atoms with Crippen LogP contribution >= 0.6 is 0 Å². The third-order valence-electron chi connectivity index (χ3n) is 5.00. The molecule has 0 unspecified atom stereocenters. The fraction of sp³-hybridized carbons (Fsp3) is 0.650. The van der Waals surface area contributed by atoms with Crippen molar-refractivity contribution in [2.75, 3.05) is 33.8 Å². The van der Waals surface area contributed by atoms with Gasteiger partial charge in [0.15, 0.2) is 5.96 Å². The zero-order valence-corrected chi connectivity index (χ0v) is 16.4. The third-order valence-corrected chi connectivity index (χ3v) is 5.00. The van der Waals surface area contributed by atoms with Crippen molar-refractivity contribution in [3.05, 3.63) is 29.3 Å². The van der Waals surface area contributed by atoms with E-state index in [1.807, 2.05) is 7.05 Å². The van der Waals surface area contributed by atoms with Crippen molar-refractivity contribution in [1.29, 1.82) is 0 Å². The molecule has 2 rings (SSSR count). The van der Waals surface area contributed by atoms with Gasteiger partial charge in [0.1, 0.15) is 5.75 Å². The SMILES string of the molecule is CN=C(NCCc1ccc(C)c(OC)c1)NC1CCN(C(C)C)CC1. The third kappa shape index (κ3) is 5.92. The van der Waals surface area contributed by atoms with Crippen LogP contribution in [0.5, 0.6) is 5.75 Å². The Hall–Kier alpha value is -1.75. The number of guanidine groups is 1. The summed E-state index contributed by atoms with van der Waals surface area (Å²) in [5.41, 5.74) is 2.44. The highest BCUT2D eigenvalue weighted by Gasteiger charge is 2.21. The van der Waals surface area contributed by atoms with Crippen LogP contribution in [0.4, 0.5) is 0 Å². The summed E-state index contributed by atoms with van der Waals surface area (Å²) in [6.07, 6.45) is 3.30. The number of likely N-dealkylation sites (tertiary alicyclic amines) is 1. The molecule has 140 valence electrons. The minimum absolute atomic E-state index is 0.515. The Morgan fingerprint density at radius 1 is 1.32 bits per heavy atom. The Bertz CT molecular complexity index is 563. The quantitative estimate of drug-likeness (QED) is 0.614. The molecule has 0 saturated carbocycles. The molecule has 25 heavy (non-hydrogen) atoms. The largest absolute Gasteiger partial charge is 0.496 e. The van der Waals surface area contributed by atoms with E-state index in [1.54, 1.807) is 7.11 Å². The molecule has 1 aromatic rings. The molecule has 1 aromatic carbocycles. The first kappa shape index (κ1) is 19.6. The Morgan fingerprint density at radius 3 is 2.64 bits per heavy atom. The first-order valence-corrected chi connectivity index (χ1v) is 9.38. The van der Waals surface area contributed by atoms with Gasteiger partial charge in [-0.1, -0.05) is 12.1 Å². The van der Waals surface area contributed by atoms with Gasteiger partial charge in [-0.05, 0) is 57.2 Å². The van der Waals surface area contributed by atoms with Crippen LogP contribution in [-0.4, -0.2) is 56.7 Å². The minimum atomic E-state index is 0.515. The van der Waals surface area contributed by atoms with E-state index in [9.17, 15) is 0 Å². The van der Waals surface area contributed by atoms with E-state index >= 15 is 0 Å². The predicted molar refractivity (Wildman–Crippen MR) is 106 cm³/mol. The van der Waals surface area contributed by atoms with Crippen molar-refractivity contribution in [2.45, 2.75) is 52.1 Å². The molecule has 5 heteroatoms. The van der Waals surface area contributed by atoms with Crippen LogP contribution in [0.1, 0.15) is 37.8 Å². The molecule has 1 fully saturated rings. The van der Waals surface area contributed by atoms with Gasteiger partial charge in [-0.2, -0.15) is 0 Å². The number of aliphatic imine (C=N–C) groups is 1. The van der Waals surface area contributed by atoms with Crippen LogP contribution in [0.3, 0.4) is 0 Å². The van der Waals surface area contributed by atoms with Gasteiger partial charge >= 0.3 is 0 Å². The standard InChI is InChI=1S/C20H34N4O/c1-15(2)24-12-9-18(10-13-24)23-20(21-4)22-11-8-17-7-6-16(3)19(14-17)25-5/h6-7,14-15,18H,8-13H2,1-5H3,(H2,21,22,23). The maximum atomic E-state index is 5.40. The Kier molecular flexibility index (Phi) is 7.56. The summed E-state index contributed by atoms with van der Waals surface area (Å²) in [6, 6.07) is 7.56. The summed E-state index contributed by atoms with van der Waals surface area (Å²) in [7, 11) is 3.56. The number of nitrogens with zero attached hydrogens (tertiary/aromatic N) is 2. The summed E-state index contributed by atoms with van der Waals surface area (Å²) < 4.78 is 5.40. The molecular weight excluding hydrogens is 312 g/mol. The van der Waals surface area contributed by atoms with E-state index in [2.05, 4.69) is 59.5 Å². The number of rotatable bonds is 6. The first-order valence-electron chi connectivity index (χ1n) is 9.38. The lowest BCUT2D eigenvalue weighted by Gasteiger charge is -2.35. The van der Waals surface area contributed by atoms with E-state index in [-0.39, 0.29) is 0 Å². The normalized spacial score (nSPS) is 17.0. The Balaban J connectivity index is 1.76. The zero-order valence-electron chi connectivity index (χ0n) is 16.4. The monoisotopic (exact) mass is 346 g/mol. The van der Waals surface area contributed by atoms with Gasteiger partial charge in [-0.3, -0.25) is 4.99 Å². The molecule has 0 radical (unpaired) electrons. The van der Waals surface area contributed by atoms with Crippen molar-refractivity contribution < 1.29 is 4.74 Å². The highest BCUT2D eigenvalue weighted by Crippen LogP contribution is 2.19. The molecule has 0 spiro atoms. The lowest BCUT2D eigenvalue weighted by molar-refractivity contribution is 0.167. The molecule has 0 amide bonds. The molecule has 1 aliphatic rings. The molecule has 0 aromatic heterocycles. The first-order chi connectivity index (χ1) is 12.0. The van der Waals surface area contributed by atoms with Crippen molar-refractivity contribution in [3.63, 3.8) is 0 Å². The highest BCUT2D eigenvalue weighted by molar-refractivity contribution is 5.79. The van der Waals surface area contributed by atoms with Gasteiger partial charge in [-0.25, -0.2) is 0 Å². The lowest BCUT2D eigenvalue weighted by Crippen LogP contribution is -2.50. The summed E-state index contributed by atoms with van der Waals surface area (Å²) >= 11 is 0. The molecule has 5 nitrogen and oxygen atoms in total. The number of hydrogen-bond donors (Lipinski definition) is 2. The van der Waals surface area contributed by atoms with E-state index in [4.69, 9.17) is 4.74 Å². The van der Waals surface area contributed by atoms with Gasteiger partial charge in [0, 0.05) is 38.8 Å². The summed E-state index contributed by atoms with van der Waals surface area (Å²) in [5.74, 6) is 1.86. The van der Waals surface area contributed by atoms with Crippen molar-refractivity contribution in [2.24, 2.45) is 4.99 Å². The summed E-state index contributed by atoms with van der Waals surface area (Å²) in [4.78, 5) is 6.91. The molecule has 0 aliphatic carbocycles. The fourth-order valence-corrected chi connectivity index (χ4v) is 3.29. The van der Waals surface area contributed by atoms with Crippen LogP contribution in [-0.2, 0) is 6.42 Å². The van der Waals surface area contributed by atoms with E-state index in [0.717, 1.165) is 37.8 Å². The number of nitrogens with one attached hydrogen (secondary N) is 2. The van der Waals surface area contributed by atoms with E-state index in [1.165, 1.54) is 24.0 Å². The van der Waals surface area contributed by atoms with Crippen LogP contribution in [0, 0.1) is 6.92 Å². The second kappa shape index (κ2) is 9.66. The van der Waals surface area contributed by atoms with E-state index in [0.29, 0.717) is 12.1 Å². The fourth-order valence-electron chi connectivity index (χ4n) is 3.29. The second-order valence-corrected chi connectivity index (χ2v) is 7.10. The second-order valence-electron chi connectivity index (χ2n) is 7.10. The maximum Gasteiger partial charge on any atom is 0.191 e. The number of methoxy groups -OCH3 is 1. The lowest BCUT2D eigenvalue weighted by atomic mass is 10.0. The average molecular weight is 347 g/mol. The van der Waals surface area contributed by atoms with Gasteiger partial charge in [0.25, 0.3) is 0 Å². The van der Waals surface area contributed by atoms with Crippen molar-refractivity contribution >= 4 is 5.96 Å². The van der Waals surface area contributed by atoms with Crippen molar-refractivity contribution in [1.82, 2.24) is 15.5 Å². The van der Waals surface area contributed by atoms with Crippen molar-refractivity contribution in [3.8, 4) is 5.75 Å². The Labute approximate surface area is 152 Å². The van der Waals surface area contributed by atoms with Gasteiger partial charge in [0.2, 0.25) is 0 Å². The summed E-state index contributed by atoms with van der Waals surface area (Å²) in [6.45, 7) is 9.79. The minimum Gasteiger partial charge on any atom is -0.496 e. The number of ether oxygens (including phenoxy) is 1. The van der Waals surface area contributed by atoms with Crippen LogP contribution in [0.2, 0.25) is 0 Å². The highest BCUT2D eigenvalue weighted by atomic mass is 16.5. The molecule has 1 heterocycles. The smallest absolute Gasteiger partial charge is 0.191 e.